The number of hydrogen-bond acceptors (Lipinski definition) is 8. The van der Waals surface area contributed by atoms with Gasteiger partial charge in [-0.05, 0) is 11.6 Å². The number of aliphatic hydroxyl groups is 3. The third kappa shape index (κ3) is 3.42. The molecule has 0 spiro atoms. The molecule has 0 radical (unpaired) electrons. The highest BCUT2D eigenvalue weighted by molar-refractivity contribution is 5.80. The van der Waals surface area contributed by atoms with Crippen molar-refractivity contribution in [2.75, 3.05) is 5.32 Å². The number of carbonyl (C=O) groups is 1. The molecule has 5 N–H and O–H groups in total. The van der Waals surface area contributed by atoms with Crippen molar-refractivity contribution in [2.45, 2.75) is 30.6 Å². The minimum absolute atomic E-state index is 0.259. The SMILES string of the molecule is Cn1c(N[C@@H]2OC(C(=O)O)[C@H](O)C(O)C2O)nc2ncc(-c3ccccc3)cc21. The van der Waals surface area contributed by atoms with Gasteiger partial charge in [0.05, 0.1) is 5.52 Å². The Balaban J connectivity index is 1.64. The molecule has 4 rings (SSSR count). The van der Waals surface area contributed by atoms with E-state index in [1.807, 2.05) is 36.4 Å². The summed E-state index contributed by atoms with van der Waals surface area (Å²) < 4.78 is 6.93. The Morgan fingerprint density at radius 1 is 1.10 bits per heavy atom. The standard InChI is InChI=1S/C19H20N4O6/c1-23-11-7-10(9-5-3-2-4-6-9)8-20-16(11)21-19(23)22-17-14(26)12(24)13(25)15(29-17)18(27)28/h2-8,12-15,17,24-26H,1H3,(H,27,28)(H,20,21,22)/t12?,13-,14?,15?,17-/m1/s1. The van der Waals surface area contributed by atoms with Crippen molar-refractivity contribution in [1.29, 1.82) is 0 Å². The maximum absolute atomic E-state index is 11.3. The minimum atomic E-state index is -1.75. The molecule has 1 aliphatic rings. The number of ether oxygens (including phenoxy) is 1. The van der Waals surface area contributed by atoms with Crippen LogP contribution >= 0.6 is 0 Å². The van der Waals surface area contributed by atoms with Crippen LogP contribution in [0, 0.1) is 0 Å². The number of hydrogen-bond donors (Lipinski definition) is 5. The normalized spacial score (nSPS) is 27.1. The van der Waals surface area contributed by atoms with Gasteiger partial charge in [-0.2, -0.15) is 4.98 Å². The molecule has 1 aromatic carbocycles. The van der Waals surface area contributed by atoms with Crippen molar-refractivity contribution in [2.24, 2.45) is 7.05 Å². The van der Waals surface area contributed by atoms with Gasteiger partial charge in [0, 0.05) is 18.8 Å². The fraction of sp³-hybridized carbons (Fsp3) is 0.316. The first-order valence-corrected chi connectivity index (χ1v) is 8.93. The molecule has 2 aromatic heterocycles. The summed E-state index contributed by atoms with van der Waals surface area (Å²) >= 11 is 0. The number of nitrogens with one attached hydrogen (secondary N) is 1. The summed E-state index contributed by atoms with van der Waals surface area (Å²) in [4.78, 5) is 20.0. The largest absolute Gasteiger partial charge is 0.479 e. The Labute approximate surface area is 165 Å². The van der Waals surface area contributed by atoms with Crippen LogP contribution in [0.25, 0.3) is 22.3 Å². The van der Waals surface area contributed by atoms with Gasteiger partial charge in [-0.15, -0.1) is 0 Å². The predicted molar refractivity (Wildman–Crippen MR) is 102 cm³/mol. The van der Waals surface area contributed by atoms with E-state index in [1.165, 1.54) is 0 Å². The van der Waals surface area contributed by atoms with E-state index < -0.39 is 36.6 Å². The van der Waals surface area contributed by atoms with Gasteiger partial charge in [-0.25, -0.2) is 9.78 Å². The highest BCUT2D eigenvalue weighted by atomic mass is 16.6. The number of aliphatic hydroxyl groups excluding tert-OH is 3. The van der Waals surface area contributed by atoms with E-state index in [0.29, 0.717) is 11.2 Å². The lowest BCUT2D eigenvalue weighted by Crippen LogP contribution is -2.61. The minimum Gasteiger partial charge on any atom is -0.479 e. The van der Waals surface area contributed by atoms with E-state index in [9.17, 15) is 20.1 Å². The summed E-state index contributed by atoms with van der Waals surface area (Å²) in [6.45, 7) is 0. The molecule has 5 atom stereocenters. The van der Waals surface area contributed by atoms with Gasteiger partial charge < -0.3 is 35.0 Å². The Morgan fingerprint density at radius 2 is 1.83 bits per heavy atom. The highest BCUT2D eigenvalue weighted by Gasteiger charge is 2.47. The lowest BCUT2D eigenvalue weighted by atomic mass is 9.98. The average molecular weight is 400 g/mol. The molecule has 0 amide bonds. The van der Waals surface area contributed by atoms with E-state index in [-0.39, 0.29) is 5.95 Å². The first-order valence-electron chi connectivity index (χ1n) is 8.93. The number of fused-ring (bicyclic) bond motifs is 1. The molecule has 1 saturated heterocycles. The van der Waals surface area contributed by atoms with Gasteiger partial charge in [0.1, 0.15) is 18.3 Å². The molecule has 0 aliphatic carbocycles. The Hall–Kier alpha value is -3.05. The number of benzene rings is 1. The maximum Gasteiger partial charge on any atom is 0.335 e. The molecule has 1 fully saturated rings. The Morgan fingerprint density at radius 3 is 2.52 bits per heavy atom. The quantitative estimate of drug-likeness (QED) is 0.406. The van der Waals surface area contributed by atoms with Gasteiger partial charge in [-0.3, -0.25) is 0 Å². The number of aliphatic carboxylic acids is 1. The summed E-state index contributed by atoms with van der Waals surface area (Å²) in [6.07, 6.45) is -6.30. The van der Waals surface area contributed by atoms with Gasteiger partial charge in [-0.1, -0.05) is 30.3 Å². The second kappa shape index (κ2) is 7.41. The van der Waals surface area contributed by atoms with Crippen LogP contribution in [0.4, 0.5) is 5.95 Å². The molecule has 0 saturated carbocycles. The van der Waals surface area contributed by atoms with E-state index in [1.54, 1.807) is 17.8 Å². The van der Waals surface area contributed by atoms with E-state index in [2.05, 4.69) is 15.3 Å². The number of anilines is 1. The second-order valence-corrected chi connectivity index (χ2v) is 6.86. The van der Waals surface area contributed by atoms with Gasteiger partial charge in [0.15, 0.2) is 18.0 Å². The molecule has 10 nitrogen and oxygen atoms in total. The van der Waals surface area contributed by atoms with E-state index in [4.69, 9.17) is 9.84 Å². The third-order valence-electron chi connectivity index (χ3n) is 4.97. The number of carboxylic acids is 1. The van der Waals surface area contributed by atoms with E-state index in [0.717, 1.165) is 11.1 Å². The Kier molecular flexibility index (Phi) is 4.92. The van der Waals surface area contributed by atoms with Crippen LogP contribution in [0.3, 0.4) is 0 Å². The number of imidazole rings is 1. The highest BCUT2D eigenvalue weighted by Crippen LogP contribution is 2.27. The van der Waals surface area contributed by atoms with Gasteiger partial charge in [0.2, 0.25) is 5.95 Å². The number of rotatable bonds is 4. The van der Waals surface area contributed by atoms with Crippen LogP contribution in [-0.2, 0) is 16.6 Å². The molecule has 1 aliphatic heterocycles. The molecule has 29 heavy (non-hydrogen) atoms. The van der Waals surface area contributed by atoms with Crippen LogP contribution < -0.4 is 5.32 Å². The van der Waals surface area contributed by atoms with E-state index >= 15 is 0 Å². The van der Waals surface area contributed by atoms with Gasteiger partial charge >= 0.3 is 5.97 Å². The first-order chi connectivity index (χ1) is 13.9. The summed E-state index contributed by atoms with van der Waals surface area (Å²) in [5, 5.41) is 41.9. The molecular weight excluding hydrogens is 380 g/mol. The van der Waals surface area contributed by atoms with Crippen molar-refractivity contribution >= 4 is 23.1 Å². The molecule has 152 valence electrons. The fourth-order valence-electron chi connectivity index (χ4n) is 3.32. The van der Waals surface area contributed by atoms with Crippen molar-refractivity contribution in [3.8, 4) is 11.1 Å². The zero-order valence-electron chi connectivity index (χ0n) is 15.4. The third-order valence-corrected chi connectivity index (χ3v) is 4.97. The van der Waals surface area contributed by atoms with Crippen molar-refractivity contribution in [3.63, 3.8) is 0 Å². The van der Waals surface area contributed by atoms with Crippen molar-refractivity contribution in [1.82, 2.24) is 14.5 Å². The lowest BCUT2D eigenvalue weighted by Gasteiger charge is -2.39. The molecule has 3 heterocycles. The lowest BCUT2D eigenvalue weighted by molar-refractivity contribution is -0.221. The van der Waals surface area contributed by atoms with Crippen LogP contribution in [0.2, 0.25) is 0 Å². The second-order valence-electron chi connectivity index (χ2n) is 6.86. The summed E-state index contributed by atoms with van der Waals surface area (Å²) in [7, 11) is 1.73. The van der Waals surface area contributed by atoms with Crippen LogP contribution in [-0.4, -0.2) is 71.6 Å². The zero-order valence-corrected chi connectivity index (χ0v) is 15.4. The smallest absolute Gasteiger partial charge is 0.335 e. The number of carboxylic acid groups (broad SMARTS) is 1. The Bertz CT molecular complexity index is 1040. The monoisotopic (exact) mass is 400 g/mol. The topological polar surface area (TPSA) is 150 Å². The summed E-state index contributed by atoms with van der Waals surface area (Å²) in [6, 6.07) is 11.6. The number of aryl methyl sites for hydroxylation is 1. The van der Waals surface area contributed by atoms with Crippen molar-refractivity contribution in [3.05, 3.63) is 42.6 Å². The van der Waals surface area contributed by atoms with Crippen LogP contribution in [0.5, 0.6) is 0 Å². The van der Waals surface area contributed by atoms with Crippen LogP contribution in [0.15, 0.2) is 42.6 Å². The number of pyridine rings is 1. The molecular formula is C19H20N4O6. The molecule has 0 bridgehead atoms. The number of aromatic nitrogens is 3. The fourth-order valence-corrected chi connectivity index (χ4v) is 3.32. The van der Waals surface area contributed by atoms with Gasteiger partial charge in [0.25, 0.3) is 0 Å². The molecule has 10 heteroatoms. The first kappa shape index (κ1) is 19.3. The summed E-state index contributed by atoms with van der Waals surface area (Å²) in [5.74, 6) is -1.19. The molecule has 3 aromatic rings. The number of nitrogens with zero attached hydrogens (tertiary/aromatic N) is 3. The zero-order chi connectivity index (χ0) is 20.7. The molecule has 3 unspecified atom stereocenters. The average Bonchev–Trinajstić information content (AvgIpc) is 3.03. The maximum atomic E-state index is 11.3. The van der Waals surface area contributed by atoms with Crippen LogP contribution in [0.1, 0.15) is 0 Å². The summed E-state index contributed by atoms with van der Waals surface area (Å²) in [5.41, 5.74) is 3.03. The predicted octanol–water partition coefficient (Wildman–Crippen LogP) is -0.0606. The van der Waals surface area contributed by atoms with Crippen molar-refractivity contribution < 1.29 is 30.0 Å².